The molecule has 0 radical (unpaired) electrons. The molecule has 1 saturated heterocycles. The lowest BCUT2D eigenvalue weighted by Gasteiger charge is -2.26. The second kappa shape index (κ2) is 5.63. The van der Waals surface area contributed by atoms with Crippen LogP contribution in [-0.2, 0) is 4.74 Å². The van der Waals surface area contributed by atoms with Crippen LogP contribution in [0.25, 0.3) is 0 Å². The van der Waals surface area contributed by atoms with Gasteiger partial charge in [0.1, 0.15) is 0 Å². The molecule has 1 heterocycles. The average molecular weight is 216 g/mol. The highest BCUT2D eigenvalue weighted by Gasteiger charge is 2.27. The monoisotopic (exact) mass is 216 g/mol. The van der Waals surface area contributed by atoms with E-state index >= 15 is 0 Å². The maximum absolute atomic E-state index is 5.52. The molecular weight excluding hydrogens is 196 g/mol. The van der Waals surface area contributed by atoms with Crippen molar-refractivity contribution < 1.29 is 4.74 Å². The Morgan fingerprint density at radius 3 is 2.86 bits per heavy atom. The zero-order valence-electron chi connectivity index (χ0n) is 9.03. The number of hydrogen-bond donors (Lipinski definition) is 1. The van der Waals surface area contributed by atoms with E-state index < -0.39 is 0 Å². The minimum Gasteiger partial charge on any atom is -0.393 e. The first-order chi connectivity index (χ1) is 6.61. The predicted molar refractivity (Wildman–Crippen MR) is 62.5 cm³/mol. The van der Waals surface area contributed by atoms with Crippen molar-refractivity contribution in [2.45, 2.75) is 38.3 Å². The highest BCUT2D eigenvalue weighted by atomic mass is 32.1. The van der Waals surface area contributed by atoms with Gasteiger partial charge in [-0.25, -0.2) is 0 Å². The van der Waals surface area contributed by atoms with Gasteiger partial charge < -0.3 is 15.4 Å². The van der Waals surface area contributed by atoms with Gasteiger partial charge in [0.25, 0.3) is 0 Å². The van der Waals surface area contributed by atoms with Crippen LogP contribution in [0, 0.1) is 0 Å². The molecule has 0 bridgehead atoms. The molecule has 82 valence electrons. The lowest BCUT2D eigenvalue weighted by Crippen LogP contribution is -2.37. The van der Waals surface area contributed by atoms with Crippen LogP contribution in [0.15, 0.2) is 0 Å². The van der Waals surface area contributed by atoms with Gasteiger partial charge in [0.2, 0.25) is 0 Å². The number of likely N-dealkylation sites (N-methyl/N-ethyl adjacent to an activating group) is 1. The Morgan fingerprint density at radius 2 is 2.36 bits per heavy atom. The van der Waals surface area contributed by atoms with Crippen molar-refractivity contribution in [1.82, 2.24) is 4.90 Å². The number of rotatable bonds is 5. The van der Waals surface area contributed by atoms with Gasteiger partial charge in [-0.15, -0.1) is 0 Å². The molecule has 0 aliphatic carbocycles. The van der Waals surface area contributed by atoms with E-state index in [0.29, 0.717) is 17.1 Å². The van der Waals surface area contributed by atoms with Crippen molar-refractivity contribution >= 4 is 17.2 Å². The maximum Gasteiger partial charge on any atom is 0.0727 e. The van der Waals surface area contributed by atoms with Crippen molar-refractivity contribution in [1.29, 1.82) is 0 Å². The van der Waals surface area contributed by atoms with E-state index in [1.165, 1.54) is 0 Å². The van der Waals surface area contributed by atoms with Crippen LogP contribution in [0.5, 0.6) is 0 Å². The largest absolute Gasteiger partial charge is 0.393 e. The summed E-state index contributed by atoms with van der Waals surface area (Å²) in [6, 6.07) is 0.571. The van der Waals surface area contributed by atoms with Crippen molar-refractivity contribution in [3.8, 4) is 0 Å². The number of ether oxygens (including phenoxy) is 1. The molecule has 0 aromatic rings. The molecule has 0 aromatic heterocycles. The molecule has 14 heavy (non-hydrogen) atoms. The Balaban J connectivity index is 2.20. The Morgan fingerprint density at radius 1 is 1.64 bits per heavy atom. The quantitative estimate of drug-likeness (QED) is 0.700. The molecule has 1 aliphatic rings. The number of hydrogen-bond acceptors (Lipinski definition) is 3. The molecule has 0 spiro atoms. The lowest BCUT2D eigenvalue weighted by molar-refractivity contribution is 0.0835. The molecule has 0 saturated carbocycles. The molecule has 0 amide bonds. The van der Waals surface area contributed by atoms with Gasteiger partial charge in [0, 0.05) is 12.6 Å². The van der Waals surface area contributed by atoms with E-state index in [-0.39, 0.29) is 0 Å². The smallest absolute Gasteiger partial charge is 0.0727 e. The highest BCUT2D eigenvalue weighted by molar-refractivity contribution is 7.80. The fourth-order valence-electron chi connectivity index (χ4n) is 1.97. The summed E-state index contributed by atoms with van der Waals surface area (Å²) in [5.41, 5.74) is 5.45. The Kier molecular flexibility index (Phi) is 4.78. The molecule has 3 nitrogen and oxygen atoms in total. The average Bonchev–Trinajstić information content (AvgIpc) is 2.50. The zero-order chi connectivity index (χ0) is 10.6. The Labute approximate surface area is 91.6 Å². The highest BCUT2D eigenvalue weighted by Crippen LogP contribution is 2.18. The summed E-state index contributed by atoms with van der Waals surface area (Å²) in [4.78, 5) is 2.98. The summed E-state index contributed by atoms with van der Waals surface area (Å²) in [7, 11) is 2.15. The maximum atomic E-state index is 5.52. The normalized spacial score (nSPS) is 27.1. The number of nitrogens with two attached hydrogens (primary N) is 1. The van der Waals surface area contributed by atoms with Crippen molar-refractivity contribution in [3.63, 3.8) is 0 Å². The Hall–Kier alpha value is -0.190. The van der Waals surface area contributed by atoms with Gasteiger partial charge in [-0.3, -0.25) is 0 Å². The lowest BCUT2D eigenvalue weighted by atomic mass is 10.1. The summed E-state index contributed by atoms with van der Waals surface area (Å²) in [6.45, 7) is 4.09. The first-order valence-electron chi connectivity index (χ1n) is 5.21. The molecule has 4 heteroatoms. The van der Waals surface area contributed by atoms with Crippen LogP contribution >= 0.6 is 12.2 Å². The minimum atomic E-state index is 0.366. The van der Waals surface area contributed by atoms with Crippen LogP contribution in [0.1, 0.15) is 26.2 Å². The minimum absolute atomic E-state index is 0.366. The van der Waals surface area contributed by atoms with Crippen LogP contribution < -0.4 is 5.73 Å². The zero-order valence-corrected chi connectivity index (χ0v) is 9.85. The van der Waals surface area contributed by atoms with Crippen LogP contribution in [0.3, 0.4) is 0 Å². The van der Waals surface area contributed by atoms with E-state index in [9.17, 15) is 0 Å². The van der Waals surface area contributed by atoms with Crippen LogP contribution in [0.2, 0.25) is 0 Å². The van der Waals surface area contributed by atoms with E-state index in [4.69, 9.17) is 22.7 Å². The van der Waals surface area contributed by atoms with Crippen LogP contribution in [0.4, 0.5) is 0 Å². The van der Waals surface area contributed by atoms with Crippen molar-refractivity contribution in [2.24, 2.45) is 5.73 Å². The second-order valence-corrected chi connectivity index (χ2v) is 4.51. The summed E-state index contributed by atoms with van der Waals surface area (Å²) < 4.78 is 5.52. The summed E-state index contributed by atoms with van der Waals surface area (Å²) >= 11 is 4.84. The predicted octanol–water partition coefficient (Wildman–Crippen LogP) is 1.16. The van der Waals surface area contributed by atoms with E-state index in [1.807, 2.05) is 0 Å². The fraction of sp³-hybridized carbons (Fsp3) is 0.900. The summed E-state index contributed by atoms with van der Waals surface area (Å²) in [5, 5.41) is 0. The van der Waals surface area contributed by atoms with Crippen molar-refractivity contribution in [2.75, 3.05) is 20.2 Å². The van der Waals surface area contributed by atoms with E-state index in [1.54, 1.807) is 0 Å². The summed E-state index contributed by atoms with van der Waals surface area (Å²) in [6.07, 6.45) is 3.41. The second-order valence-electron chi connectivity index (χ2n) is 3.98. The molecule has 1 fully saturated rings. The van der Waals surface area contributed by atoms with Crippen LogP contribution in [-0.4, -0.2) is 42.2 Å². The fourth-order valence-corrected chi connectivity index (χ4v) is 2.11. The summed E-state index contributed by atoms with van der Waals surface area (Å²) in [5.74, 6) is 0. The number of nitrogens with zero attached hydrogens (tertiary/aromatic N) is 1. The third-order valence-corrected chi connectivity index (χ3v) is 3.04. The molecular formula is C10H20N2OS. The molecule has 0 aromatic carbocycles. The molecule has 1 aliphatic heterocycles. The van der Waals surface area contributed by atoms with E-state index in [0.717, 1.165) is 32.4 Å². The first-order valence-corrected chi connectivity index (χ1v) is 5.62. The van der Waals surface area contributed by atoms with E-state index in [2.05, 4.69) is 18.9 Å². The number of thiocarbonyl (C=S) groups is 1. The Bertz CT molecular complexity index is 199. The van der Waals surface area contributed by atoms with Gasteiger partial charge in [-0.1, -0.05) is 12.2 Å². The topological polar surface area (TPSA) is 38.5 Å². The standard InChI is InChI=1S/C10H20N2OS/c1-8-9(5-7-13-8)12(2)6-3-4-10(11)14/h8-9H,3-7H2,1-2H3,(H2,11,14). The first kappa shape index (κ1) is 11.9. The SMILES string of the molecule is CC1OCCC1N(C)CCCC(N)=S. The molecule has 1 rings (SSSR count). The van der Waals surface area contributed by atoms with Gasteiger partial charge in [0.05, 0.1) is 11.1 Å². The molecule has 2 N–H and O–H groups in total. The third-order valence-electron chi connectivity index (χ3n) is 2.84. The van der Waals surface area contributed by atoms with Gasteiger partial charge >= 0.3 is 0 Å². The van der Waals surface area contributed by atoms with Gasteiger partial charge in [-0.2, -0.15) is 0 Å². The molecule has 2 atom stereocenters. The third kappa shape index (κ3) is 3.52. The molecule has 2 unspecified atom stereocenters. The van der Waals surface area contributed by atoms with Gasteiger partial charge in [-0.05, 0) is 39.8 Å². The van der Waals surface area contributed by atoms with Gasteiger partial charge in [0.15, 0.2) is 0 Å². The van der Waals surface area contributed by atoms with Crippen molar-refractivity contribution in [3.05, 3.63) is 0 Å².